The first-order valence-corrected chi connectivity index (χ1v) is 4.26. The van der Waals surface area contributed by atoms with E-state index < -0.39 is 40.2 Å². The maximum atomic E-state index is 12.6. The fourth-order valence-corrected chi connectivity index (χ4v) is 1.27. The Morgan fingerprint density at radius 2 is 2.00 bits per heavy atom. The number of hydrogen-bond donors (Lipinski definition) is 0. The molecule has 5 nitrogen and oxygen atoms in total. The first-order valence-electron chi connectivity index (χ1n) is 4.26. The Kier molecular flexibility index (Phi) is 3.67. The van der Waals surface area contributed by atoms with Crippen LogP contribution >= 0.6 is 0 Å². The Labute approximate surface area is 96.3 Å². The minimum Gasteiger partial charge on any atom is -0.489 e. The molecule has 0 aromatic carbocycles. The fraction of sp³-hybridized carbons (Fsp3) is 0.375. The van der Waals surface area contributed by atoms with Gasteiger partial charge in [-0.05, 0) is 9.91 Å². The highest BCUT2D eigenvalue weighted by atomic mass is 19.4. The summed E-state index contributed by atoms with van der Waals surface area (Å²) in [7, 11) is 0.746. The summed E-state index contributed by atoms with van der Waals surface area (Å²) < 4.78 is 66.9. The van der Waals surface area contributed by atoms with Gasteiger partial charge in [-0.3, -0.25) is 0 Å². The first-order chi connectivity index (χ1) is 8.20. The van der Waals surface area contributed by atoms with Gasteiger partial charge < -0.3 is 14.9 Å². The van der Waals surface area contributed by atoms with E-state index >= 15 is 0 Å². The second-order valence-electron chi connectivity index (χ2n) is 3.00. The summed E-state index contributed by atoms with van der Waals surface area (Å²) in [6.45, 7) is 0. The Bertz CT molecular complexity index is 475. The molecule has 0 radical (unpaired) electrons. The van der Waals surface area contributed by atoms with Gasteiger partial charge in [-0.2, -0.15) is 13.2 Å². The molecule has 0 unspecified atom stereocenters. The van der Waals surface area contributed by atoms with Crippen molar-refractivity contribution in [3.05, 3.63) is 27.4 Å². The molecular formula is C8H5F5N2O3. The first kappa shape index (κ1) is 14.1. The van der Waals surface area contributed by atoms with Gasteiger partial charge in [-0.1, -0.05) is 0 Å². The molecule has 0 atom stereocenters. The molecule has 100 valence electrons. The van der Waals surface area contributed by atoms with Crippen molar-refractivity contribution in [3.63, 3.8) is 0 Å². The molecule has 10 heteroatoms. The molecule has 0 aliphatic carbocycles. The maximum absolute atomic E-state index is 12.6. The molecule has 0 aliphatic heterocycles. The highest BCUT2D eigenvalue weighted by molar-refractivity contribution is 5.51. The quantitative estimate of drug-likeness (QED) is 0.482. The summed E-state index contributed by atoms with van der Waals surface area (Å²) in [5.74, 6) is -2.38. The van der Waals surface area contributed by atoms with Gasteiger partial charge >= 0.3 is 12.0 Å². The van der Waals surface area contributed by atoms with Crippen molar-refractivity contribution in [1.29, 1.82) is 0 Å². The summed E-state index contributed by atoms with van der Waals surface area (Å²) in [4.78, 5) is 12.1. The standard InChI is InChI=1S/C8H5F5N2O3/c1-18-5-4(6(9)10)3(8(11,12)13)2-14-7(5)15(16)17/h2,6H,1H3. The van der Waals surface area contributed by atoms with Crippen LogP contribution in [0, 0.1) is 10.1 Å². The molecule has 0 saturated heterocycles. The number of rotatable bonds is 3. The van der Waals surface area contributed by atoms with E-state index in [-0.39, 0.29) is 6.20 Å². The van der Waals surface area contributed by atoms with Crippen molar-refractivity contribution in [2.45, 2.75) is 12.6 Å². The van der Waals surface area contributed by atoms with Crippen LogP contribution in [-0.4, -0.2) is 17.0 Å². The lowest BCUT2D eigenvalue weighted by molar-refractivity contribution is -0.390. The third-order valence-electron chi connectivity index (χ3n) is 1.95. The van der Waals surface area contributed by atoms with Crippen molar-refractivity contribution in [3.8, 4) is 5.75 Å². The van der Waals surface area contributed by atoms with Crippen LogP contribution in [0.4, 0.5) is 27.8 Å². The molecule has 0 saturated carbocycles. The fourth-order valence-electron chi connectivity index (χ4n) is 1.27. The third-order valence-corrected chi connectivity index (χ3v) is 1.95. The van der Waals surface area contributed by atoms with Crippen LogP contribution in [0.5, 0.6) is 5.75 Å². The van der Waals surface area contributed by atoms with E-state index in [1.165, 1.54) is 0 Å². The summed E-state index contributed by atoms with van der Waals surface area (Å²) in [5, 5.41) is 10.5. The number of nitrogens with zero attached hydrogens (tertiary/aromatic N) is 2. The van der Waals surface area contributed by atoms with E-state index in [0.717, 1.165) is 7.11 Å². The van der Waals surface area contributed by atoms with Gasteiger partial charge in [0, 0.05) is 0 Å². The van der Waals surface area contributed by atoms with E-state index in [1.807, 2.05) is 0 Å². The number of halogens is 5. The smallest absolute Gasteiger partial charge is 0.420 e. The topological polar surface area (TPSA) is 65.3 Å². The van der Waals surface area contributed by atoms with Gasteiger partial charge in [0.1, 0.15) is 5.56 Å². The molecule has 1 aromatic heterocycles. The van der Waals surface area contributed by atoms with Gasteiger partial charge in [-0.15, -0.1) is 0 Å². The minimum absolute atomic E-state index is 0.0118. The second kappa shape index (κ2) is 4.70. The normalized spacial score (nSPS) is 11.7. The number of alkyl halides is 5. The van der Waals surface area contributed by atoms with Crippen LogP contribution in [0.3, 0.4) is 0 Å². The van der Waals surface area contributed by atoms with Crippen LogP contribution in [0.25, 0.3) is 0 Å². The highest BCUT2D eigenvalue weighted by Gasteiger charge is 2.42. The molecule has 0 aliphatic rings. The predicted octanol–water partition coefficient (Wildman–Crippen LogP) is 2.95. The summed E-state index contributed by atoms with van der Waals surface area (Å²) in [6.07, 6.45) is -8.71. The molecular weight excluding hydrogens is 267 g/mol. The third kappa shape index (κ3) is 2.46. The Morgan fingerprint density at radius 1 is 1.44 bits per heavy atom. The average Bonchev–Trinajstić information content (AvgIpc) is 2.25. The summed E-state index contributed by atoms with van der Waals surface area (Å²) in [6, 6.07) is 0. The van der Waals surface area contributed by atoms with Crippen molar-refractivity contribution in [2.24, 2.45) is 0 Å². The van der Waals surface area contributed by atoms with Crippen LogP contribution in [0.15, 0.2) is 6.20 Å². The van der Waals surface area contributed by atoms with Crippen LogP contribution in [0.2, 0.25) is 0 Å². The minimum atomic E-state index is -5.11. The SMILES string of the molecule is COc1c([N+](=O)[O-])ncc(C(F)(F)F)c1C(F)F. The van der Waals surface area contributed by atoms with Gasteiger partial charge in [0.05, 0.1) is 12.7 Å². The van der Waals surface area contributed by atoms with E-state index in [2.05, 4.69) is 9.72 Å². The molecule has 0 N–H and O–H groups in total. The zero-order valence-corrected chi connectivity index (χ0v) is 8.66. The predicted molar refractivity (Wildman–Crippen MR) is 47.4 cm³/mol. The highest BCUT2D eigenvalue weighted by Crippen LogP contribution is 2.43. The summed E-state index contributed by atoms with van der Waals surface area (Å²) >= 11 is 0. The molecule has 0 fully saturated rings. The monoisotopic (exact) mass is 272 g/mol. The number of ether oxygens (including phenoxy) is 1. The largest absolute Gasteiger partial charge is 0.489 e. The number of methoxy groups -OCH3 is 1. The molecule has 1 aromatic rings. The van der Waals surface area contributed by atoms with Crippen molar-refractivity contribution in [1.82, 2.24) is 4.98 Å². The molecule has 0 amide bonds. The zero-order valence-electron chi connectivity index (χ0n) is 8.66. The van der Waals surface area contributed by atoms with E-state index in [0.29, 0.717) is 0 Å². The van der Waals surface area contributed by atoms with Crippen LogP contribution in [-0.2, 0) is 6.18 Å². The van der Waals surface area contributed by atoms with Gasteiger partial charge in [0.2, 0.25) is 5.75 Å². The lowest BCUT2D eigenvalue weighted by Crippen LogP contribution is -2.13. The van der Waals surface area contributed by atoms with E-state index in [9.17, 15) is 32.1 Å². The summed E-state index contributed by atoms with van der Waals surface area (Å²) in [5.41, 5.74) is -3.35. The average molecular weight is 272 g/mol. The van der Waals surface area contributed by atoms with E-state index in [1.54, 1.807) is 0 Å². The molecule has 18 heavy (non-hydrogen) atoms. The van der Waals surface area contributed by atoms with Gasteiger partial charge in [0.25, 0.3) is 6.43 Å². The van der Waals surface area contributed by atoms with Gasteiger partial charge in [-0.25, -0.2) is 8.78 Å². The number of nitro groups is 1. The lowest BCUT2D eigenvalue weighted by Gasteiger charge is -2.13. The number of hydrogen-bond acceptors (Lipinski definition) is 4. The maximum Gasteiger partial charge on any atom is 0.420 e. The lowest BCUT2D eigenvalue weighted by atomic mass is 10.1. The van der Waals surface area contributed by atoms with E-state index in [4.69, 9.17) is 0 Å². The van der Waals surface area contributed by atoms with Crippen molar-refractivity contribution in [2.75, 3.05) is 7.11 Å². The molecule has 0 bridgehead atoms. The van der Waals surface area contributed by atoms with Crippen molar-refractivity contribution >= 4 is 5.82 Å². The van der Waals surface area contributed by atoms with Crippen LogP contribution in [0.1, 0.15) is 17.6 Å². The molecule has 1 rings (SSSR count). The number of aromatic nitrogens is 1. The molecule has 1 heterocycles. The second-order valence-corrected chi connectivity index (χ2v) is 3.00. The van der Waals surface area contributed by atoms with Crippen molar-refractivity contribution < 1.29 is 31.6 Å². The zero-order chi connectivity index (χ0) is 14.1. The Morgan fingerprint density at radius 3 is 2.33 bits per heavy atom. The number of pyridine rings is 1. The van der Waals surface area contributed by atoms with Gasteiger partial charge in [0.15, 0.2) is 6.20 Å². The van der Waals surface area contributed by atoms with Crippen LogP contribution < -0.4 is 4.74 Å². The molecule has 0 spiro atoms. The Balaban J connectivity index is 3.64. The Hall–Kier alpha value is -2.00.